The van der Waals surface area contributed by atoms with E-state index in [-0.39, 0.29) is 31.3 Å². The van der Waals surface area contributed by atoms with Gasteiger partial charge < -0.3 is 24.1 Å². The van der Waals surface area contributed by atoms with Crippen LogP contribution in [0.2, 0.25) is 0 Å². The van der Waals surface area contributed by atoms with Crippen LogP contribution in [0.5, 0.6) is 5.75 Å². The van der Waals surface area contributed by atoms with Crippen molar-refractivity contribution in [2.75, 3.05) is 31.8 Å². The quantitative estimate of drug-likeness (QED) is 0.103. The van der Waals surface area contributed by atoms with Crippen LogP contribution in [0.25, 0.3) is 0 Å². The van der Waals surface area contributed by atoms with E-state index in [1.165, 1.54) is 25.3 Å². The third-order valence-corrected chi connectivity index (χ3v) is 9.87. The number of para-hydroxylation sites is 1. The molecule has 6 atom stereocenters. The molecule has 0 aromatic heterocycles. The van der Waals surface area contributed by atoms with Gasteiger partial charge >= 0.3 is 18.0 Å². The van der Waals surface area contributed by atoms with Crippen molar-refractivity contribution in [1.29, 1.82) is 0 Å². The van der Waals surface area contributed by atoms with Crippen molar-refractivity contribution in [3.05, 3.63) is 144 Å². The van der Waals surface area contributed by atoms with E-state index in [0.29, 0.717) is 16.7 Å². The fourth-order valence-corrected chi connectivity index (χ4v) is 7.97. The molecule has 2 amide bonds. The second-order valence-electron chi connectivity index (χ2n) is 12.5. The maximum Gasteiger partial charge on any atom is 0.421 e. The monoisotopic (exact) mass is 688 g/mol. The largest absolute Gasteiger partial charge is 0.508 e. The first-order valence-electron chi connectivity index (χ1n) is 16.6. The van der Waals surface area contributed by atoms with Gasteiger partial charge in [-0.05, 0) is 40.5 Å². The Morgan fingerprint density at radius 3 is 2.14 bits per heavy atom. The molecule has 0 aliphatic carbocycles. The number of carbonyl (C=O) groups excluding carboxylic acids is 4. The van der Waals surface area contributed by atoms with Gasteiger partial charge in [-0.1, -0.05) is 104 Å². The van der Waals surface area contributed by atoms with Crippen molar-refractivity contribution in [3.8, 4) is 5.75 Å². The fraction of sp³-hybridized carbons (Fsp3) is 0.250. The van der Waals surface area contributed by atoms with Crippen LogP contribution in [0.4, 0.5) is 10.5 Å². The molecule has 0 bridgehead atoms. The summed E-state index contributed by atoms with van der Waals surface area (Å²) >= 11 is 0. The molecular formula is C40H36N2O9. The molecule has 7 rings (SSSR count). The van der Waals surface area contributed by atoms with E-state index in [1.54, 1.807) is 36.4 Å². The number of hydrogen-bond acceptors (Lipinski definition) is 10. The summed E-state index contributed by atoms with van der Waals surface area (Å²) in [6.45, 7) is 3.46. The van der Waals surface area contributed by atoms with Gasteiger partial charge in [-0.15, -0.1) is 0 Å². The number of imide groups is 1. The lowest BCUT2D eigenvalue weighted by molar-refractivity contribution is -0.180. The first-order chi connectivity index (χ1) is 24.8. The zero-order chi connectivity index (χ0) is 35.7. The van der Waals surface area contributed by atoms with Gasteiger partial charge in [0.15, 0.2) is 0 Å². The molecule has 1 N–H and O–H groups in total. The van der Waals surface area contributed by atoms with E-state index in [0.717, 1.165) is 10.5 Å². The molecule has 11 heteroatoms. The van der Waals surface area contributed by atoms with Gasteiger partial charge in [0.25, 0.3) is 0 Å². The van der Waals surface area contributed by atoms with Gasteiger partial charge in [0, 0.05) is 7.11 Å². The number of esters is 2. The minimum absolute atomic E-state index is 0.0226. The Bertz CT molecular complexity index is 1950. The number of fused-ring (bicyclic) bond motifs is 3. The van der Waals surface area contributed by atoms with E-state index >= 15 is 4.79 Å². The van der Waals surface area contributed by atoms with Crippen molar-refractivity contribution >= 4 is 29.6 Å². The highest BCUT2D eigenvalue weighted by atomic mass is 16.6. The van der Waals surface area contributed by atoms with E-state index in [4.69, 9.17) is 18.9 Å². The molecule has 4 aromatic rings. The number of nitrogens with zero attached hydrogens (tertiary/aromatic N) is 2. The molecular weight excluding hydrogens is 652 g/mol. The highest BCUT2D eigenvalue weighted by molar-refractivity contribution is 6.23. The lowest BCUT2D eigenvalue weighted by Gasteiger charge is -2.46. The molecule has 11 nitrogen and oxygen atoms in total. The Labute approximate surface area is 294 Å². The molecule has 260 valence electrons. The second kappa shape index (κ2) is 13.9. The van der Waals surface area contributed by atoms with E-state index in [1.807, 2.05) is 65.6 Å². The molecule has 1 spiro atoms. The van der Waals surface area contributed by atoms with Gasteiger partial charge in [0.05, 0.1) is 24.4 Å². The average molecular weight is 689 g/mol. The number of carbonyl (C=O) groups is 4. The zero-order valence-electron chi connectivity index (χ0n) is 27.8. The summed E-state index contributed by atoms with van der Waals surface area (Å²) in [7, 11) is 1.46. The van der Waals surface area contributed by atoms with Crippen molar-refractivity contribution in [2.45, 2.75) is 29.6 Å². The average Bonchev–Trinajstić information content (AvgIpc) is 3.61. The first-order valence-corrected chi connectivity index (χ1v) is 16.6. The third kappa shape index (κ3) is 5.45. The smallest absolute Gasteiger partial charge is 0.421 e. The van der Waals surface area contributed by atoms with E-state index < -0.39 is 59.5 Å². The molecule has 0 radical (unpaired) electrons. The summed E-state index contributed by atoms with van der Waals surface area (Å²) in [6, 6.07) is 28.5. The summed E-state index contributed by atoms with van der Waals surface area (Å²) in [4.78, 5) is 61.3. The fourth-order valence-electron chi connectivity index (χ4n) is 7.97. The molecule has 0 unspecified atom stereocenters. The summed E-state index contributed by atoms with van der Waals surface area (Å²) in [5.74, 6) is -3.87. The van der Waals surface area contributed by atoms with E-state index in [9.17, 15) is 19.5 Å². The third-order valence-electron chi connectivity index (χ3n) is 9.87. The SMILES string of the molecule is C=CCOC(=O)[C@@H]1[C@H]2C(=O)O[C@H](c3ccccc3)[C@H](c3ccccc3)N2[C@H](c2ccc(O)cc2)[C@@]12C(=O)N(C(=O)OCCOC)c1ccccc12. The maximum absolute atomic E-state index is 15.5. The van der Waals surface area contributed by atoms with Gasteiger partial charge in [0.2, 0.25) is 5.91 Å². The number of anilines is 1. The van der Waals surface area contributed by atoms with Crippen LogP contribution in [0.15, 0.2) is 122 Å². The first kappa shape index (κ1) is 33.7. The van der Waals surface area contributed by atoms with Crippen molar-refractivity contribution in [3.63, 3.8) is 0 Å². The van der Waals surface area contributed by atoms with Crippen LogP contribution in [0, 0.1) is 5.92 Å². The molecule has 0 saturated carbocycles. The zero-order valence-corrected chi connectivity index (χ0v) is 27.8. The van der Waals surface area contributed by atoms with Gasteiger partial charge in [0.1, 0.15) is 42.4 Å². The van der Waals surface area contributed by atoms with Gasteiger partial charge in [-0.3, -0.25) is 19.3 Å². The minimum atomic E-state index is -1.92. The summed E-state index contributed by atoms with van der Waals surface area (Å²) in [5, 5.41) is 10.4. The molecule has 51 heavy (non-hydrogen) atoms. The number of aromatic hydroxyl groups is 1. The van der Waals surface area contributed by atoms with Crippen molar-refractivity contribution < 1.29 is 43.2 Å². The molecule has 2 saturated heterocycles. The number of morpholine rings is 1. The van der Waals surface area contributed by atoms with Crippen molar-refractivity contribution in [1.82, 2.24) is 4.90 Å². The van der Waals surface area contributed by atoms with Crippen molar-refractivity contribution in [2.24, 2.45) is 5.92 Å². The Morgan fingerprint density at radius 2 is 1.47 bits per heavy atom. The van der Waals surface area contributed by atoms with Crippen LogP contribution < -0.4 is 4.90 Å². The Morgan fingerprint density at radius 1 is 0.824 bits per heavy atom. The molecule has 3 aliphatic heterocycles. The van der Waals surface area contributed by atoms with Crippen LogP contribution in [0.1, 0.15) is 40.4 Å². The Balaban J connectivity index is 1.54. The number of amides is 2. The number of benzene rings is 4. The number of rotatable bonds is 9. The van der Waals surface area contributed by atoms with Crippen LogP contribution in [0.3, 0.4) is 0 Å². The standard InChI is InChI=1S/C40H36N2O9/c1-3-22-49-36(44)31-33-37(45)51-34(26-14-8-5-9-15-26)32(25-12-6-4-7-13-25)42(33)35(27-18-20-28(43)21-19-27)40(31)29-16-10-11-17-30(29)41(38(40)46)39(47)50-24-23-48-2/h3-21,31-35,43H,1,22-24H2,2H3/t31-,32-,33-,34+,35+,40-/m0/s1. The van der Waals surface area contributed by atoms with Crippen LogP contribution in [-0.4, -0.2) is 66.9 Å². The highest BCUT2D eigenvalue weighted by Crippen LogP contribution is 2.66. The number of methoxy groups -OCH3 is 1. The number of ether oxygens (including phenoxy) is 4. The number of phenols is 1. The van der Waals surface area contributed by atoms with Crippen LogP contribution >= 0.6 is 0 Å². The number of phenolic OH excluding ortho intramolecular Hbond substituents is 1. The predicted molar refractivity (Wildman–Crippen MR) is 184 cm³/mol. The molecule has 3 aliphatic rings. The summed E-state index contributed by atoms with van der Waals surface area (Å²) in [5.41, 5.74) is 0.598. The molecule has 4 aromatic carbocycles. The summed E-state index contributed by atoms with van der Waals surface area (Å²) in [6.07, 6.45) is -0.423. The second-order valence-corrected chi connectivity index (χ2v) is 12.5. The molecule has 2 fully saturated rings. The lowest BCUT2D eigenvalue weighted by atomic mass is 9.65. The van der Waals surface area contributed by atoms with E-state index in [2.05, 4.69) is 6.58 Å². The maximum atomic E-state index is 15.5. The summed E-state index contributed by atoms with van der Waals surface area (Å²) < 4.78 is 22.6. The number of cyclic esters (lactones) is 1. The number of hydrogen-bond donors (Lipinski definition) is 1. The Hall–Kier alpha value is -5.78. The highest BCUT2D eigenvalue weighted by Gasteiger charge is 2.76. The van der Waals surface area contributed by atoms with Gasteiger partial charge in [-0.25, -0.2) is 9.69 Å². The predicted octanol–water partition coefficient (Wildman–Crippen LogP) is 5.57. The van der Waals surface area contributed by atoms with Gasteiger partial charge in [-0.2, -0.15) is 0 Å². The normalized spacial score (nSPS) is 25.2. The topological polar surface area (TPSA) is 132 Å². The molecule has 3 heterocycles. The lowest BCUT2D eigenvalue weighted by Crippen LogP contribution is -2.53. The van der Waals surface area contributed by atoms with Crippen LogP contribution in [-0.2, 0) is 38.7 Å². The minimum Gasteiger partial charge on any atom is -0.508 e. The Kier molecular flexibility index (Phi) is 9.15.